The van der Waals surface area contributed by atoms with Crippen molar-refractivity contribution in [3.05, 3.63) is 33.8 Å². The molecular weight excluding hydrogens is 352 g/mol. The maximum Gasteiger partial charge on any atom is 0.419 e. The van der Waals surface area contributed by atoms with E-state index in [-0.39, 0.29) is 24.4 Å². The SMILES string of the molecule is CC(C)(C)NC(=S)NNC(=O)CCn1c(=O)oc2cc(Cl)ccc21. The van der Waals surface area contributed by atoms with Gasteiger partial charge in [0.2, 0.25) is 5.91 Å². The Hall–Kier alpha value is -2.06. The highest BCUT2D eigenvalue weighted by Gasteiger charge is 2.13. The molecule has 0 fully saturated rings. The second-order valence-corrected chi connectivity index (χ2v) is 7.10. The monoisotopic (exact) mass is 370 g/mol. The maximum atomic E-state index is 11.9. The molecule has 0 bridgehead atoms. The Balaban J connectivity index is 1.92. The number of carbonyl (C=O) groups is 1. The Labute approximate surface area is 149 Å². The number of oxazole rings is 1. The van der Waals surface area contributed by atoms with Crippen LogP contribution < -0.4 is 21.9 Å². The minimum Gasteiger partial charge on any atom is -0.408 e. The van der Waals surface area contributed by atoms with Crippen LogP contribution in [0.15, 0.2) is 27.4 Å². The van der Waals surface area contributed by atoms with E-state index in [2.05, 4.69) is 16.2 Å². The maximum absolute atomic E-state index is 11.9. The molecule has 0 saturated carbocycles. The normalized spacial score (nSPS) is 11.3. The lowest BCUT2D eigenvalue weighted by Gasteiger charge is -2.23. The Bertz CT molecular complexity index is 822. The molecule has 7 nitrogen and oxygen atoms in total. The third kappa shape index (κ3) is 4.97. The number of carbonyl (C=O) groups excluding carboxylic acids is 1. The molecule has 24 heavy (non-hydrogen) atoms. The van der Waals surface area contributed by atoms with Crippen molar-refractivity contribution in [2.45, 2.75) is 39.3 Å². The van der Waals surface area contributed by atoms with E-state index in [1.807, 2.05) is 20.8 Å². The van der Waals surface area contributed by atoms with Gasteiger partial charge in [-0.05, 0) is 45.1 Å². The Kier molecular flexibility index (Phi) is 5.51. The Morgan fingerprint density at radius 1 is 1.33 bits per heavy atom. The molecule has 2 aromatic rings. The van der Waals surface area contributed by atoms with Crippen molar-refractivity contribution in [2.75, 3.05) is 0 Å². The van der Waals surface area contributed by atoms with E-state index in [0.29, 0.717) is 21.2 Å². The third-order valence-corrected chi connectivity index (χ3v) is 3.44. The number of aryl methyl sites for hydroxylation is 1. The van der Waals surface area contributed by atoms with Crippen LogP contribution >= 0.6 is 23.8 Å². The summed E-state index contributed by atoms with van der Waals surface area (Å²) in [7, 11) is 0. The lowest BCUT2D eigenvalue weighted by molar-refractivity contribution is -0.121. The summed E-state index contributed by atoms with van der Waals surface area (Å²) in [6.07, 6.45) is 0.0856. The summed E-state index contributed by atoms with van der Waals surface area (Å²) >= 11 is 10.9. The van der Waals surface area contributed by atoms with Gasteiger partial charge in [-0.3, -0.25) is 20.2 Å². The highest BCUT2D eigenvalue weighted by molar-refractivity contribution is 7.80. The predicted molar refractivity (Wildman–Crippen MR) is 96.9 cm³/mol. The van der Waals surface area contributed by atoms with Gasteiger partial charge in [0.1, 0.15) is 0 Å². The van der Waals surface area contributed by atoms with Crippen LogP contribution in [0.4, 0.5) is 0 Å². The fourth-order valence-electron chi connectivity index (χ4n) is 2.03. The molecule has 0 aliphatic carbocycles. The van der Waals surface area contributed by atoms with Gasteiger partial charge >= 0.3 is 5.76 Å². The smallest absolute Gasteiger partial charge is 0.408 e. The van der Waals surface area contributed by atoms with Crippen LogP contribution in [0, 0.1) is 0 Å². The summed E-state index contributed by atoms with van der Waals surface area (Å²) in [4.78, 5) is 23.7. The summed E-state index contributed by atoms with van der Waals surface area (Å²) < 4.78 is 6.50. The first-order chi connectivity index (χ1) is 11.2. The van der Waals surface area contributed by atoms with Crippen molar-refractivity contribution in [2.24, 2.45) is 0 Å². The fourth-order valence-corrected chi connectivity index (χ4v) is 2.55. The number of nitrogens with one attached hydrogen (secondary N) is 3. The number of amides is 1. The van der Waals surface area contributed by atoms with Gasteiger partial charge in [0.15, 0.2) is 10.7 Å². The van der Waals surface area contributed by atoms with E-state index >= 15 is 0 Å². The molecule has 0 spiro atoms. The van der Waals surface area contributed by atoms with Crippen LogP contribution in [0.3, 0.4) is 0 Å². The second kappa shape index (κ2) is 7.23. The van der Waals surface area contributed by atoms with Crippen LogP contribution in [-0.4, -0.2) is 21.1 Å². The van der Waals surface area contributed by atoms with E-state index in [1.165, 1.54) is 4.57 Å². The standard InChI is InChI=1S/C15H19ClN4O3S/c1-15(2,3)17-13(24)19-18-12(21)6-7-20-10-5-4-9(16)8-11(10)23-14(20)22/h4-5,8H,6-7H2,1-3H3,(H,18,21)(H2,17,19,24). The van der Waals surface area contributed by atoms with Gasteiger partial charge in [-0.15, -0.1) is 0 Å². The molecule has 1 heterocycles. The number of benzene rings is 1. The number of thiocarbonyl (C=S) groups is 1. The molecule has 130 valence electrons. The minimum atomic E-state index is -0.530. The van der Waals surface area contributed by atoms with Crippen molar-refractivity contribution in [3.8, 4) is 0 Å². The zero-order chi connectivity index (χ0) is 17.9. The van der Waals surface area contributed by atoms with Crippen molar-refractivity contribution < 1.29 is 9.21 Å². The van der Waals surface area contributed by atoms with Crippen LogP contribution in [0.2, 0.25) is 5.02 Å². The first kappa shape index (κ1) is 18.3. The molecule has 0 unspecified atom stereocenters. The van der Waals surface area contributed by atoms with Gasteiger partial charge in [0.05, 0.1) is 5.52 Å². The van der Waals surface area contributed by atoms with E-state index in [1.54, 1.807) is 18.2 Å². The molecule has 1 aromatic carbocycles. The van der Waals surface area contributed by atoms with Crippen LogP contribution in [0.25, 0.3) is 11.1 Å². The third-order valence-electron chi connectivity index (χ3n) is 3.00. The number of rotatable bonds is 3. The lowest BCUT2D eigenvalue weighted by atomic mass is 10.1. The molecule has 0 atom stereocenters. The predicted octanol–water partition coefficient (Wildman–Crippen LogP) is 1.93. The first-order valence-electron chi connectivity index (χ1n) is 7.31. The zero-order valence-corrected chi connectivity index (χ0v) is 15.2. The molecule has 0 saturated heterocycles. The average molecular weight is 371 g/mol. The van der Waals surface area contributed by atoms with Crippen LogP contribution in [0.5, 0.6) is 0 Å². The largest absolute Gasteiger partial charge is 0.419 e. The highest BCUT2D eigenvalue weighted by Crippen LogP contribution is 2.18. The zero-order valence-electron chi connectivity index (χ0n) is 13.6. The molecule has 0 radical (unpaired) electrons. The topological polar surface area (TPSA) is 88.3 Å². The summed E-state index contributed by atoms with van der Waals surface area (Å²) in [6, 6.07) is 4.90. The molecule has 3 N–H and O–H groups in total. The van der Waals surface area contributed by atoms with Gasteiger partial charge in [-0.25, -0.2) is 4.79 Å². The number of nitrogens with zero attached hydrogens (tertiary/aromatic N) is 1. The Morgan fingerprint density at radius 3 is 2.71 bits per heavy atom. The Morgan fingerprint density at radius 2 is 2.04 bits per heavy atom. The molecular formula is C15H19ClN4O3S. The molecule has 0 aliphatic rings. The first-order valence-corrected chi connectivity index (χ1v) is 8.10. The van der Waals surface area contributed by atoms with Crippen molar-refractivity contribution in [3.63, 3.8) is 0 Å². The van der Waals surface area contributed by atoms with Crippen molar-refractivity contribution >= 4 is 45.9 Å². The minimum absolute atomic E-state index is 0.0856. The van der Waals surface area contributed by atoms with E-state index in [4.69, 9.17) is 28.2 Å². The van der Waals surface area contributed by atoms with Gasteiger partial charge in [-0.1, -0.05) is 11.6 Å². The average Bonchev–Trinajstić information content (AvgIpc) is 2.75. The number of hydrazine groups is 1. The van der Waals surface area contributed by atoms with Crippen LogP contribution in [0.1, 0.15) is 27.2 Å². The molecule has 0 aliphatic heterocycles. The van der Waals surface area contributed by atoms with E-state index in [9.17, 15) is 9.59 Å². The number of halogens is 1. The number of aromatic nitrogens is 1. The second-order valence-electron chi connectivity index (χ2n) is 6.26. The summed E-state index contributed by atoms with van der Waals surface area (Å²) in [5.74, 6) is -0.832. The van der Waals surface area contributed by atoms with Crippen LogP contribution in [-0.2, 0) is 11.3 Å². The fraction of sp³-hybridized carbons (Fsp3) is 0.400. The molecule has 1 aromatic heterocycles. The lowest BCUT2D eigenvalue weighted by Crippen LogP contribution is -2.52. The molecule has 9 heteroatoms. The van der Waals surface area contributed by atoms with Gasteiger partial charge in [0, 0.05) is 29.6 Å². The molecule has 1 amide bonds. The van der Waals surface area contributed by atoms with Crippen molar-refractivity contribution in [1.29, 1.82) is 0 Å². The van der Waals surface area contributed by atoms with Gasteiger partial charge in [0.25, 0.3) is 0 Å². The van der Waals surface area contributed by atoms with E-state index < -0.39 is 5.76 Å². The number of hydrogen-bond acceptors (Lipinski definition) is 4. The van der Waals surface area contributed by atoms with Gasteiger partial charge in [-0.2, -0.15) is 0 Å². The summed E-state index contributed by atoms with van der Waals surface area (Å²) in [6.45, 7) is 6.03. The number of fused-ring (bicyclic) bond motifs is 1. The van der Waals surface area contributed by atoms with E-state index in [0.717, 1.165) is 0 Å². The quantitative estimate of drug-likeness (QED) is 0.565. The number of hydrogen-bond donors (Lipinski definition) is 3. The van der Waals surface area contributed by atoms with Gasteiger partial charge < -0.3 is 9.73 Å². The highest BCUT2D eigenvalue weighted by atomic mass is 35.5. The summed E-state index contributed by atoms with van der Waals surface area (Å²) in [5, 5.41) is 3.80. The summed E-state index contributed by atoms with van der Waals surface area (Å²) in [5.41, 5.74) is 5.88. The van der Waals surface area contributed by atoms with Crippen molar-refractivity contribution in [1.82, 2.24) is 20.7 Å². The molecule has 2 rings (SSSR count).